The predicted octanol–water partition coefficient (Wildman–Crippen LogP) is 1.99. The van der Waals surface area contributed by atoms with Crippen molar-refractivity contribution in [3.8, 4) is 5.75 Å². The van der Waals surface area contributed by atoms with E-state index >= 15 is 0 Å². The molecular formula is C18H30N2O3. The van der Waals surface area contributed by atoms with E-state index in [-0.39, 0.29) is 6.10 Å². The summed E-state index contributed by atoms with van der Waals surface area (Å²) in [5.74, 6) is 0.888. The number of anilines is 1. The van der Waals surface area contributed by atoms with Crippen LogP contribution in [-0.4, -0.2) is 69.2 Å². The zero-order chi connectivity index (χ0) is 16.5. The Hall–Kier alpha value is -1.30. The molecule has 0 unspecified atom stereocenters. The molecule has 1 heterocycles. The van der Waals surface area contributed by atoms with Crippen LogP contribution in [0.15, 0.2) is 24.3 Å². The number of piperazine rings is 1. The van der Waals surface area contributed by atoms with Crippen molar-refractivity contribution in [2.45, 2.75) is 25.9 Å². The summed E-state index contributed by atoms with van der Waals surface area (Å²) in [6.07, 6.45) is 1.80. The van der Waals surface area contributed by atoms with Gasteiger partial charge in [0, 0.05) is 45.0 Å². The van der Waals surface area contributed by atoms with Crippen LogP contribution in [0, 0.1) is 0 Å². The molecule has 1 aromatic rings. The first-order valence-electron chi connectivity index (χ1n) is 8.60. The average molecular weight is 322 g/mol. The predicted molar refractivity (Wildman–Crippen MR) is 93.4 cm³/mol. The first kappa shape index (κ1) is 18.0. The summed E-state index contributed by atoms with van der Waals surface area (Å²) in [7, 11) is 1.69. The van der Waals surface area contributed by atoms with E-state index in [4.69, 9.17) is 9.47 Å². The maximum Gasteiger partial charge on any atom is 0.119 e. The minimum atomic E-state index is -0.389. The molecule has 0 radical (unpaired) electrons. The molecule has 0 aliphatic carbocycles. The van der Waals surface area contributed by atoms with Crippen molar-refractivity contribution in [3.05, 3.63) is 24.3 Å². The number of aliphatic hydroxyl groups excluding tert-OH is 1. The van der Waals surface area contributed by atoms with Crippen molar-refractivity contribution >= 4 is 5.69 Å². The van der Waals surface area contributed by atoms with E-state index in [0.717, 1.165) is 51.4 Å². The Morgan fingerprint density at radius 2 is 1.83 bits per heavy atom. The van der Waals surface area contributed by atoms with Gasteiger partial charge in [0.05, 0.1) is 19.8 Å². The highest BCUT2D eigenvalue weighted by Gasteiger charge is 2.19. The number of hydrogen-bond acceptors (Lipinski definition) is 5. The first-order valence-corrected chi connectivity index (χ1v) is 8.60. The minimum absolute atomic E-state index is 0.389. The van der Waals surface area contributed by atoms with E-state index in [1.54, 1.807) is 7.11 Å². The summed E-state index contributed by atoms with van der Waals surface area (Å²) in [5, 5.41) is 10.0. The van der Waals surface area contributed by atoms with Gasteiger partial charge >= 0.3 is 0 Å². The molecule has 5 nitrogen and oxygen atoms in total. The highest BCUT2D eigenvalue weighted by atomic mass is 16.5. The smallest absolute Gasteiger partial charge is 0.119 e. The summed E-state index contributed by atoms with van der Waals surface area (Å²) in [4.78, 5) is 4.69. The summed E-state index contributed by atoms with van der Waals surface area (Å²) in [6, 6.07) is 8.20. The average Bonchev–Trinajstić information content (AvgIpc) is 2.59. The monoisotopic (exact) mass is 322 g/mol. The molecule has 0 spiro atoms. The fourth-order valence-electron chi connectivity index (χ4n) is 2.80. The topological polar surface area (TPSA) is 45.2 Å². The second kappa shape index (κ2) is 9.75. The summed E-state index contributed by atoms with van der Waals surface area (Å²) < 4.78 is 10.7. The van der Waals surface area contributed by atoms with E-state index in [1.807, 2.05) is 12.1 Å². The van der Waals surface area contributed by atoms with Crippen LogP contribution in [0.1, 0.15) is 19.8 Å². The molecule has 0 saturated carbocycles. The molecule has 1 aliphatic rings. The Labute approximate surface area is 139 Å². The van der Waals surface area contributed by atoms with Crippen LogP contribution in [0.5, 0.6) is 5.75 Å². The summed E-state index contributed by atoms with van der Waals surface area (Å²) >= 11 is 0. The van der Waals surface area contributed by atoms with Crippen LogP contribution in [0.3, 0.4) is 0 Å². The van der Waals surface area contributed by atoms with Gasteiger partial charge in [-0.15, -0.1) is 0 Å². The molecule has 23 heavy (non-hydrogen) atoms. The molecule has 0 amide bonds. The second-order valence-electron chi connectivity index (χ2n) is 6.07. The first-order chi connectivity index (χ1) is 11.2. The van der Waals surface area contributed by atoms with Gasteiger partial charge in [0.25, 0.3) is 0 Å². The zero-order valence-corrected chi connectivity index (χ0v) is 14.4. The number of hydrogen-bond donors (Lipinski definition) is 1. The largest absolute Gasteiger partial charge is 0.497 e. The minimum Gasteiger partial charge on any atom is -0.497 e. The molecular weight excluding hydrogens is 292 g/mol. The van der Waals surface area contributed by atoms with Crippen molar-refractivity contribution in [1.82, 2.24) is 4.90 Å². The zero-order valence-electron chi connectivity index (χ0n) is 14.4. The number of benzene rings is 1. The lowest BCUT2D eigenvalue weighted by molar-refractivity contribution is 0.0150. The Kier molecular flexibility index (Phi) is 7.65. The van der Waals surface area contributed by atoms with Gasteiger partial charge in [0.15, 0.2) is 0 Å². The normalized spacial score (nSPS) is 17.3. The van der Waals surface area contributed by atoms with E-state index < -0.39 is 0 Å². The van der Waals surface area contributed by atoms with Crippen molar-refractivity contribution < 1.29 is 14.6 Å². The Morgan fingerprint density at radius 3 is 2.43 bits per heavy atom. The van der Waals surface area contributed by atoms with Crippen LogP contribution in [0.25, 0.3) is 0 Å². The third-order valence-corrected chi connectivity index (χ3v) is 4.23. The molecule has 1 aromatic carbocycles. The van der Waals surface area contributed by atoms with Gasteiger partial charge in [-0.1, -0.05) is 13.3 Å². The van der Waals surface area contributed by atoms with E-state index in [1.165, 1.54) is 5.69 Å². The maximum absolute atomic E-state index is 10.0. The van der Waals surface area contributed by atoms with Gasteiger partial charge < -0.3 is 19.5 Å². The van der Waals surface area contributed by atoms with E-state index in [2.05, 4.69) is 28.9 Å². The highest BCUT2D eigenvalue weighted by Crippen LogP contribution is 2.20. The van der Waals surface area contributed by atoms with Crippen molar-refractivity contribution in [1.29, 1.82) is 0 Å². The van der Waals surface area contributed by atoms with Crippen molar-refractivity contribution in [2.75, 3.05) is 57.9 Å². The fourth-order valence-corrected chi connectivity index (χ4v) is 2.80. The molecule has 1 saturated heterocycles. The van der Waals surface area contributed by atoms with Gasteiger partial charge in [-0.25, -0.2) is 0 Å². The molecule has 5 heteroatoms. The van der Waals surface area contributed by atoms with Crippen LogP contribution in [-0.2, 0) is 4.74 Å². The van der Waals surface area contributed by atoms with E-state index in [9.17, 15) is 5.11 Å². The molecule has 0 bridgehead atoms. The number of unbranched alkanes of at least 4 members (excludes halogenated alkanes) is 1. The fraction of sp³-hybridized carbons (Fsp3) is 0.667. The number of methoxy groups -OCH3 is 1. The van der Waals surface area contributed by atoms with Gasteiger partial charge in [-0.2, -0.15) is 0 Å². The molecule has 1 N–H and O–H groups in total. The number of aliphatic hydroxyl groups is 1. The Balaban J connectivity index is 1.68. The molecule has 1 atom stereocenters. The molecule has 1 fully saturated rings. The lowest BCUT2D eigenvalue weighted by Crippen LogP contribution is -2.49. The number of β-amino-alcohol motifs (C(OH)–C–C–N with tert-alkyl or cyclic N) is 1. The van der Waals surface area contributed by atoms with Crippen LogP contribution < -0.4 is 9.64 Å². The third-order valence-electron chi connectivity index (χ3n) is 4.23. The molecule has 2 rings (SSSR count). The SMILES string of the molecule is CCCCOC[C@@H](O)CN1CCN(c2ccc(OC)cc2)CC1. The van der Waals surface area contributed by atoms with Gasteiger partial charge in [0.2, 0.25) is 0 Å². The Bertz CT molecular complexity index is 430. The lowest BCUT2D eigenvalue weighted by atomic mass is 10.2. The highest BCUT2D eigenvalue weighted by molar-refractivity contribution is 5.49. The summed E-state index contributed by atoms with van der Waals surface area (Å²) in [6.45, 7) is 7.93. The molecule has 130 valence electrons. The second-order valence-corrected chi connectivity index (χ2v) is 6.07. The number of nitrogens with zero attached hydrogens (tertiary/aromatic N) is 2. The Morgan fingerprint density at radius 1 is 1.13 bits per heavy atom. The molecule has 0 aromatic heterocycles. The van der Waals surface area contributed by atoms with E-state index in [0.29, 0.717) is 13.2 Å². The number of ether oxygens (including phenoxy) is 2. The quantitative estimate of drug-likeness (QED) is 0.705. The van der Waals surface area contributed by atoms with Gasteiger partial charge in [0.1, 0.15) is 5.75 Å². The van der Waals surface area contributed by atoms with Crippen LogP contribution >= 0.6 is 0 Å². The van der Waals surface area contributed by atoms with Crippen LogP contribution in [0.4, 0.5) is 5.69 Å². The molecule has 1 aliphatic heterocycles. The lowest BCUT2D eigenvalue weighted by Gasteiger charge is -2.36. The third kappa shape index (κ3) is 6.01. The van der Waals surface area contributed by atoms with Crippen molar-refractivity contribution in [2.24, 2.45) is 0 Å². The van der Waals surface area contributed by atoms with Gasteiger partial charge in [-0.05, 0) is 30.7 Å². The van der Waals surface area contributed by atoms with Gasteiger partial charge in [-0.3, -0.25) is 4.90 Å². The standard InChI is InChI=1S/C18H30N2O3/c1-3-4-13-23-15-17(21)14-19-9-11-20(12-10-19)16-5-7-18(22-2)8-6-16/h5-8,17,21H,3-4,9-15H2,1-2H3/t17-/m0/s1. The maximum atomic E-state index is 10.0. The van der Waals surface area contributed by atoms with Crippen molar-refractivity contribution in [3.63, 3.8) is 0 Å². The summed E-state index contributed by atoms with van der Waals surface area (Å²) in [5.41, 5.74) is 1.23. The number of rotatable bonds is 9. The van der Waals surface area contributed by atoms with Crippen LogP contribution in [0.2, 0.25) is 0 Å².